The summed E-state index contributed by atoms with van der Waals surface area (Å²) in [5.74, 6) is -0.256. The Morgan fingerprint density at radius 3 is 2.71 bits per heavy atom. The minimum Gasteiger partial charge on any atom is -0.464 e. The van der Waals surface area contributed by atoms with Crippen LogP contribution < -0.4 is 0 Å². The lowest BCUT2D eigenvalue weighted by Gasteiger charge is -2.07. The highest BCUT2D eigenvalue weighted by atomic mass is 79.9. The Kier molecular flexibility index (Phi) is 3.57. The maximum atomic E-state index is 11.2. The standard InChI is InChI=1S/C9H11BrN2O2/c1-5(2)7-8(10)11-4-6(12-7)9(13)14-3/h4-5H,1-3H3. The van der Waals surface area contributed by atoms with Crippen LogP contribution in [0.1, 0.15) is 35.9 Å². The number of carbonyl (C=O) groups excluding carboxylic acids is 1. The van der Waals surface area contributed by atoms with Crippen molar-refractivity contribution >= 4 is 21.9 Å². The first-order valence-corrected chi connectivity index (χ1v) is 4.96. The Balaban J connectivity index is 3.13. The Hall–Kier alpha value is -0.970. The largest absolute Gasteiger partial charge is 0.464 e. The van der Waals surface area contributed by atoms with Crippen LogP contribution in [0.3, 0.4) is 0 Å². The average molecular weight is 259 g/mol. The van der Waals surface area contributed by atoms with E-state index >= 15 is 0 Å². The van der Waals surface area contributed by atoms with Crippen LogP contribution in [-0.2, 0) is 4.74 Å². The first-order valence-electron chi connectivity index (χ1n) is 4.17. The number of hydrogen-bond donors (Lipinski definition) is 0. The number of carbonyl (C=O) groups is 1. The number of nitrogens with zero attached hydrogens (tertiary/aromatic N) is 2. The predicted molar refractivity (Wildman–Crippen MR) is 55.2 cm³/mol. The molecule has 0 saturated carbocycles. The highest BCUT2D eigenvalue weighted by Crippen LogP contribution is 2.20. The Morgan fingerprint density at radius 1 is 1.57 bits per heavy atom. The van der Waals surface area contributed by atoms with Gasteiger partial charge in [0, 0.05) is 0 Å². The second-order valence-corrected chi connectivity index (χ2v) is 3.83. The first-order chi connectivity index (χ1) is 6.56. The third-order valence-electron chi connectivity index (χ3n) is 1.69. The summed E-state index contributed by atoms with van der Waals surface area (Å²) in [6.45, 7) is 3.96. The number of aromatic nitrogens is 2. The van der Waals surface area contributed by atoms with Crippen LogP contribution >= 0.6 is 15.9 Å². The van der Waals surface area contributed by atoms with Gasteiger partial charge in [-0.3, -0.25) is 0 Å². The zero-order valence-corrected chi connectivity index (χ0v) is 9.83. The Labute approximate surface area is 90.8 Å². The van der Waals surface area contributed by atoms with Gasteiger partial charge < -0.3 is 4.74 Å². The van der Waals surface area contributed by atoms with E-state index in [1.165, 1.54) is 13.3 Å². The number of methoxy groups -OCH3 is 1. The molecule has 0 fully saturated rings. The van der Waals surface area contributed by atoms with E-state index < -0.39 is 5.97 Å². The van der Waals surface area contributed by atoms with Crippen molar-refractivity contribution in [2.45, 2.75) is 19.8 Å². The summed E-state index contributed by atoms with van der Waals surface area (Å²) in [6.07, 6.45) is 1.39. The SMILES string of the molecule is COC(=O)c1cnc(Br)c(C(C)C)n1. The third kappa shape index (κ3) is 2.29. The lowest BCUT2D eigenvalue weighted by molar-refractivity contribution is 0.0593. The average Bonchev–Trinajstić information content (AvgIpc) is 2.17. The lowest BCUT2D eigenvalue weighted by Crippen LogP contribution is -2.08. The van der Waals surface area contributed by atoms with Crippen molar-refractivity contribution in [1.29, 1.82) is 0 Å². The van der Waals surface area contributed by atoms with E-state index in [1.54, 1.807) is 0 Å². The molecule has 1 heterocycles. The van der Waals surface area contributed by atoms with Crippen molar-refractivity contribution in [3.05, 3.63) is 22.2 Å². The number of ether oxygens (including phenoxy) is 1. The van der Waals surface area contributed by atoms with Crippen molar-refractivity contribution in [3.63, 3.8) is 0 Å². The van der Waals surface area contributed by atoms with Crippen molar-refractivity contribution in [1.82, 2.24) is 9.97 Å². The second-order valence-electron chi connectivity index (χ2n) is 3.08. The molecular weight excluding hydrogens is 248 g/mol. The molecule has 0 spiro atoms. The van der Waals surface area contributed by atoms with E-state index in [2.05, 4.69) is 30.6 Å². The molecule has 0 aliphatic carbocycles. The fourth-order valence-corrected chi connectivity index (χ4v) is 1.61. The zero-order chi connectivity index (χ0) is 10.7. The number of rotatable bonds is 2. The maximum absolute atomic E-state index is 11.2. The van der Waals surface area contributed by atoms with Gasteiger partial charge in [-0.25, -0.2) is 14.8 Å². The van der Waals surface area contributed by atoms with Crippen molar-refractivity contribution in [2.24, 2.45) is 0 Å². The van der Waals surface area contributed by atoms with E-state index in [0.29, 0.717) is 4.60 Å². The van der Waals surface area contributed by atoms with Gasteiger partial charge >= 0.3 is 5.97 Å². The van der Waals surface area contributed by atoms with Gasteiger partial charge in [0.25, 0.3) is 0 Å². The minimum absolute atomic E-state index is 0.210. The van der Waals surface area contributed by atoms with Gasteiger partial charge in [0.15, 0.2) is 5.69 Å². The maximum Gasteiger partial charge on any atom is 0.358 e. The molecule has 0 unspecified atom stereocenters. The van der Waals surface area contributed by atoms with E-state index in [4.69, 9.17) is 0 Å². The minimum atomic E-state index is -0.466. The highest BCUT2D eigenvalue weighted by molar-refractivity contribution is 9.10. The monoisotopic (exact) mass is 258 g/mol. The molecule has 0 N–H and O–H groups in total. The van der Waals surface area contributed by atoms with Gasteiger partial charge in [0.05, 0.1) is 19.0 Å². The summed E-state index contributed by atoms with van der Waals surface area (Å²) < 4.78 is 5.22. The molecule has 0 radical (unpaired) electrons. The second kappa shape index (κ2) is 4.50. The van der Waals surface area contributed by atoms with Crippen LogP contribution in [0.5, 0.6) is 0 Å². The highest BCUT2D eigenvalue weighted by Gasteiger charge is 2.13. The van der Waals surface area contributed by atoms with Crippen LogP contribution in [0.15, 0.2) is 10.8 Å². The molecule has 14 heavy (non-hydrogen) atoms. The van der Waals surface area contributed by atoms with Gasteiger partial charge in [-0.15, -0.1) is 0 Å². The molecule has 1 aromatic rings. The van der Waals surface area contributed by atoms with Crippen molar-refractivity contribution < 1.29 is 9.53 Å². The summed E-state index contributed by atoms with van der Waals surface area (Å²) in [7, 11) is 1.32. The molecule has 0 saturated heterocycles. The van der Waals surface area contributed by atoms with Gasteiger partial charge in [0.2, 0.25) is 0 Å². The molecule has 0 amide bonds. The number of hydrogen-bond acceptors (Lipinski definition) is 4. The topological polar surface area (TPSA) is 52.1 Å². The molecule has 5 heteroatoms. The van der Waals surface area contributed by atoms with E-state index in [1.807, 2.05) is 13.8 Å². The van der Waals surface area contributed by atoms with Crippen LogP contribution in [0.2, 0.25) is 0 Å². The third-order valence-corrected chi connectivity index (χ3v) is 2.30. The summed E-state index contributed by atoms with van der Waals surface area (Å²) in [4.78, 5) is 19.3. The van der Waals surface area contributed by atoms with Crippen LogP contribution in [0.25, 0.3) is 0 Å². The molecule has 1 rings (SSSR count). The van der Waals surface area contributed by atoms with Gasteiger partial charge in [-0.1, -0.05) is 13.8 Å². The van der Waals surface area contributed by atoms with Gasteiger partial charge in [-0.05, 0) is 21.8 Å². The fraction of sp³-hybridized carbons (Fsp3) is 0.444. The van der Waals surface area contributed by atoms with Crippen LogP contribution in [0.4, 0.5) is 0 Å². The van der Waals surface area contributed by atoms with E-state index in [-0.39, 0.29) is 11.6 Å². The normalized spacial score (nSPS) is 10.4. The number of esters is 1. The van der Waals surface area contributed by atoms with Crippen LogP contribution in [0, 0.1) is 0 Å². The Morgan fingerprint density at radius 2 is 2.21 bits per heavy atom. The van der Waals surface area contributed by atoms with Crippen molar-refractivity contribution in [2.75, 3.05) is 7.11 Å². The van der Waals surface area contributed by atoms with Gasteiger partial charge in [-0.2, -0.15) is 0 Å². The number of halogens is 1. The van der Waals surface area contributed by atoms with Crippen molar-refractivity contribution in [3.8, 4) is 0 Å². The summed E-state index contributed by atoms with van der Waals surface area (Å²) in [5.41, 5.74) is 0.993. The zero-order valence-electron chi connectivity index (χ0n) is 8.24. The van der Waals surface area contributed by atoms with E-state index in [9.17, 15) is 4.79 Å². The molecule has 1 aromatic heterocycles. The molecular formula is C9H11BrN2O2. The van der Waals surface area contributed by atoms with E-state index in [0.717, 1.165) is 5.69 Å². The van der Waals surface area contributed by atoms with Crippen LogP contribution in [-0.4, -0.2) is 23.0 Å². The summed E-state index contributed by atoms with van der Waals surface area (Å²) in [6, 6.07) is 0. The lowest BCUT2D eigenvalue weighted by atomic mass is 10.1. The molecule has 4 nitrogen and oxygen atoms in total. The summed E-state index contributed by atoms with van der Waals surface area (Å²) in [5, 5.41) is 0. The molecule has 0 aliphatic heterocycles. The molecule has 76 valence electrons. The first kappa shape index (κ1) is 11.1. The quantitative estimate of drug-likeness (QED) is 0.763. The fourth-order valence-electron chi connectivity index (χ4n) is 0.959. The Bertz CT molecular complexity index is 353. The molecule has 0 aliphatic rings. The molecule has 0 bridgehead atoms. The smallest absolute Gasteiger partial charge is 0.358 e. The molecule has 0 aromatic carbocycles. The molecule has 0 atom stereocenters. The van der Waals surface area contributed by atoms with Gasteiger partial charge in [0.1, 0.15) is 4.60 Å². The predicted octanol–water partition coefficient (Wildman–Crippen LogP) is 2.15. The summed E-state index contributed by atoms with van der Waals surface area (Å²) >= 11 is 3.28.